The highest BCUT2D eigenvalue weighted by Gasteiger charge is 2.36. The number of benzene rings is 2. The number of nitrogens with zero attached hydrogens (tertiary/aromatic N) is 3. The van der Waals surface area contributed by atoms with Crippen LogP contribution in [0.2, 0.25) is 0 Å². The highest BCUT2D eigenvalue weighted by molar-refractivity contribution is 8.27. The zero-order valence-electron chi connectivity index (χ0n) is 21.1. The summed E-state index contributed by atoms with van der Waals surface area (Å²) in [5.74, 6) is 1.65. The molecule has 0 atom stereocenters. The summed E-state index contributed by atoms with van der Waals surface area (Å²) in [4.78, 5) is 16.8. The molecule has 0 aliphatic carbocycles. The summed E-state index contributed by atoms with van der Waals surface area (Å²) in [6, 6.07) is 15.0. The van der Waals surface area contributed by atoms with Crippen molar-refractivity contribution in [1.82, 2.24) is 5.01 Å². The molecule has 10 heteroatoms. The van der Waals surface area contributed by atoms with E-state index in [4.69, 9.17) is 24.4 Å². The van der Waals surface area contributed by atoms with E-state index in [2.05, 4.69) is 10.1 Å². The molecule has 2 aromatic carbocycles. The highest BCUT2D eigenvalue weighted by Crippen LogP contribution is 2.33. The highest BCUT2D eigenvalue weighted by atomic mass is 32.2. The first-order chi connectivity index (χ1) is 18.0. The van der Waals surface area contributed by atoms with Crippen LogP contribution in [0.4, 0.5) is 0 Å². The lowest BCUT2D eigenvalue weighted by atomic mass is 10.1. The van der Waals surface area contributed by atoms with Gasteiger partial charge in [0.1, 0.15) is 24.0 Å². The molecule has 0 unspecified atom stereocenters. The summed E-state index contributed by atoms with van der Waals surface area (Å²) >= 11 is 1.33. The van der Waals surface area contributed by atoms with Gasteiger partial charge in [-0.25, -0.2) is 0 Å². The van der Waals surface area contributed by atoms with Gasteiger partial charge in [-0.05, 0) is 54.6 Å². The minimum atomic E-state index is -0.462. The number of amides is 1. The topological polar surface area (TPSA) is 106 Å². The molecule has 0 bridgehead atoms. The number of hydrogen-bond acceptors (Lipinski definition) is 8. The summed E-state index contributed by atoms with van der Waals surface area (Å²) in [6.45, 7) is 8.00. The fourth-order valence-corrected chi connectivity index (χ4v) is 4.35. The molecule has 9 nitrogen and oxygen atoms in total. The van der Waals surface area contributed by atoms with Crippen LogP contribution in [-0.2, 0) is 9.53 Å². The van der Waals surface area contributed by atoms with Crippen LogP contribution >= 0.6 is 11.8 Å². The first-order valence-corrected chi connectivity index (χ1v) is 12.9. The molecule has 0 saturated heterocycles. The van der Waals surface area contributed by atoms with Gasteiger partial charge in [-0.3, -0.25) is 10.2 Å². The predicted octanol–water partition coefficient (Wildman–Crippen LogP) is 4.83. The van der Waals surface area contributed by atoms with Crippen molar-refractivity contribution in [2.24, 2.45) is 16.0 Å². The lowest BCUT2D eigenvalue weighted by Gasteiger charge is -2.20. The van der Waals surface area contributed by atoms with Crippen molar-refractivity contribution in [1.29, 1.82) is 5.41 Å². The van der Waals surface area contributed by atoms with Crippen molar-refractivity contribution in [2.45, 2.75) is 20.8 Å². The zero-order chi connectivity index (χ0) is 26.2. The Kier molecular flexibility index (Phi) is 8.97. The number of hydrazone groups is 1. The van der Waals surface area contributed by atoms with E-state index in [1.54, 1.807) is 24.3 Å². The predicted molar refractivity (Wildman–Crippen MR) is 146 cm³/mol. The molecule has 0 spiro atoms. The van der Waals surface area contributed by atoms with Gasteiger partial charge in [-0.1, -0.05) is 38.1 Å². The van der Waals surface area contributed by atoms with Gasteiger partial charge in [0.05, 0.1) is 25.4 Å². The molecule has 1 N–H and O–H groups in total. The van der Waals surface area contributed by atoms with Gasteiger partial charge in [0.2, 0.25) is 5.17 Å². The number of nitrogens with one attached hydrogen (secondary N) is 1. The molecule has 2 aliphatic heterocycles. The number of hydrogen-bond donors (Lipinski definition) is 1. The minimum absolute atomic E-state index is 0.00447. The van der Waals surface area contributed by atoms with Crippen LogP contribution in [0.15, 0.2) is 64.2 Å². The second-order valence-electron chi connectivity index (χ2n) is 8.37. The third kappa shape index (κ3) is 6.78. The van der Waals surface area contributed by atoms with Crippen molar-refractivity contribution < 1.29 is 23.7 Å². The van der Waals surface area contributed by atoms with Gasteiger partial charge in [-0.15, -0.1) is 0 Å². The molecule has 2 aromatic rings. The number of para-hydroxylation sites is 1. The van der Waals surface area contributed by atoms with E-state index in [0.29, 0.717) is 55.3 Å². The molecule has 0 saturated carbocycles. The van der Waals surface area contributed by atoms with Gasteiger partial charge < -0.3 is 18.9 Å². The molecule has 0 aromatic heterocycles. The number of fused-ring (bicyclic) bond motifs is 1. The number of thioether (sulfide) groups is 1. The molecule has 2 aliphatic rings. The maximum absolute atomic E-state index is 12.7. The molecule has 194 valence electrons. The maximum Gasteiger partial charge on any atom is 0.283 e. The number of carbonyl (C=O) groups excluding carboxylic acids is 1. The molecule has 0 fully saturated rings. The molecule has 37 heavy (non-hydrogen) atoms. The average molecular weight is 523 g/mol. The van der Waals surface area contributed by atoms with E-state index in [1.807, 2.05) is 51.1 Å². The van der Waals surface area contributed by atoms with Crippen molar-refractivity contribution in [3.05, 3.63) is 59.7 Å². The number of carbonyl (C=O) groups is 1. The van der Waals surface area contributed by atoms with Gasteiger partial charge in [-0.2, -0.15) is 15.1 Å². The number of amidine groups is 2. The van der Waals surface area contributed by atoms with Gasteiger partial charge >= 0.3 is 0 Å². The van der Waals surface area contributed by atoms with Crippen LogP contribution in [0.1, 0.15) is 26.3 Å². The molecule has 0 radical (unpaired) electrons. The minimum Gasteiger partial charge on any atom is -0.491 e. The molecule has 1 amide bonds. The van der Waals surface area contributed by atoms with E-state index in [0.717, 1.165) is 10.8 Å². The number of ether oxygens (including phenoxy) is 4. The Morgan fingerprint density at radius 1 is 1.00 bits per heavy atom. The summed E-state index contributed by atoms with van der Waals surface area (Å²) in [6.07, 6.45) is 1.63. The summed E-state index contributed by atoms with van der Waals surface area (Å²) in [7, 11) is 0. The van der Waals surface area contributed by atoms with Gasteiger partial charge in [0.25, 0.3) is 5.91 Å². The molecular formula is C27H30N4O5S. The Bertz CT molecular complexity index is 1230. The molecule has 2 heterocycles. The van der Waals surface area contributed by atoms with Crippen LogP contribution in [-0.4, -0.2) is 60.0 Å². The zero-order valence-corrected chi connectivity index (χ0v) is 21.9. The second-order valence-corrected chi connectivity index (χ2v) is 9.36. The Morgan fingerprint density at radius 3 is 2.49 bits per heavy atom. The summed E-state index contributed by atoms with van der Waals surface area (Å²) < 4.78 is 22.8. The van der Waals surface area contributed by atoms with Crippen LogP contribution in [0, 0.1) is 11.3 Å². The lowest BCUT2D eigenvalue weighted by molar-refractivity contribution is -0.114. The lowest BCUT2D eigenvalue weighted by Crippen LogP contribution is -2.35. The fourth-order valence-electron chi connectivity index (χ4n) is 3.46. The van der Waals surface area contributed by atoms with Gasteiger partial charge in [0, 0.05) is 5.92 Å². The standard InChI is InChI=1S/C27H30N4O5S/c1-4-34-23-17-19(16-21-24(28)31-27(29-25(21)32)37-26(30-31)18(2)3)10-11-22(23)36-15-13-33-12-14-35-20-8-6-5-7-9-20/h5-11,16-18,28H,4,12-15H2,1-3H3/b21-16-,28-24?. The van der Waals surface area contributed by atoms with Crippen LogP contribution in [0.3, 0.4) is 0 Å². The average Bonchev–Trinajstić information content (AvgIpc) is 3.32. The first kappa shape index (κ1) is 26.4. The Labute approximate surface area is 220 Å². The van der Waals surface area contributed by atoms with Crippen LogP contribution in [0.25, 0.3) is 6.08 Å². The normalized spacial score (nSPS) is 16.1. The van der Waals surface area contributed by atoms with E-state index in [-0.39, 0.29) is 17.3 Å². The third-order valence-electron chi connectivity index (χ3n) is 5.27. The first-order valence-electron chi connectivity index (χ1n) is 12.1. The van der Waals surface area contributed by atoms with Crippen LogP contribution < -0.4 is 14.2 Å². The third-order valence-corrected chi connectivity index (χ3v) is 6.48. The van der Waals surface area contributed by atoms with E-state index >= 15 is 0 Å². The molecule has 4 rings (SSSR count). The van der Waals surface area contributed by atoms with E-state index < -0.39 is 5.91 Å². The second kappa shape index (κ2) is 12.6. The quantitative estimate of drug-likeness (QED) is 0.314. The number of rotatable bonds is 12. The van der Waals surface area contributed by atoms with Crippen molar-refractivity contribution >= 4 is 39.8 Å². The van der Waals surface area contributed by atoms with Crippen molar-refractivity contribution in [2.75, 3.05) is 33.0 Å². The Balaban J connectivity index is 1.35. The van der Waals surface area contributed by atoms with Crippen molar-refractivity contribution in [3.63, 3.8) is 0 Å². The maximum atomic E-state index is 12.7. The fraction of sp³-hybridized carbons (Fsp3) is 0.333. The van der Waals surface area contributed by atoms with Crippen LogP contribution in [0.5, 0.6) is 17.2 Å². The summed E-state index contributed by atoms with van der Waals surface area (Å²) in [5.41, 5.74) is 0.858. The molecular weight excluding hydrogens is 492 g/mol. The Hall–Kier alpha value is -3.63. The SMILES string of the molecule is CCOc1cc(/C=C2/C(=N)N3N=C(C(C)C)SC3=NC2=O)ccc1OCCOCCOc1ccccc1. The monoisotopic (exact) mass is 522 g/mol. The van der Waals surface area contributed by atoms with E-state index in [1.165, 1.54) is 16.8 Å². The van der Waals surface area contributed by atoms with E-state index in [9.17, 15) is 4.79 Å². The van der Waals surface area contributed by atoms with Crippen molar-refractivity contribution in [3.8, 4) is 17.2 Å². The Morgan fingerprint density at radius 2 is 1.76 bits per heavy atom. The largest absolute Gasteiger partial charge is 0.491 e. The van der Waals surface area contributed by atoms with Gasteiger partial charge in [0.15, 0.2) is 17.3 Å². The summed E-state index contributed by atoms with van der Waals surface area (Å²) in [5, 5.41) is 15.6. The number of aliphatic imine (C=N–C) groups is 1. The smallest absolute Gasteiger partial charge is 0.283 e.